The van der Waals surface area contributed by atoms with Crippen LogP contribution < -0.4 is 9.64 Å². The summed E-state index contributed by atoms with van der Waals surface area (Å²) in [7, 11) is 1.60. The summed E-state index contributed by atoms with van der Waals surface area (Å²) >= 11 is 0. The Morgan fingerprint density at radius 1 is 1.25 bits per heavy atom. The molecule has 0 saturated carbocycles. The molecule has 110 valence electrons. The number of aryl methyl sites for hydroxylation is 1. The Labute approximate surface area is 119 Å². The number of nitrogens with zero attached hydrogens (tertiary/aromatic N) is 4. The lowest BCUT2D eigenvalue weighted by Gasteiger charge is -2.36. The lowest BCUT2D eigenvalue weighted by molar-refractivity contribution is -0.134. The largest absolute Gasteiger partial charge is 0.481 e. The Bertz CT molecular complexity index is 482. The van der Waals surface area contributed by atoms with Gasteiger partial charge in [0.1, 0.15) is 11.6 Å². The molecule has 2 rings (SSSR count). The summed E-state index contributed by atoms with van der Waals surface area (Å²) in [5.41, 5.74) is 0. The number of piperazine rings is 1. The van der Waals surface area contributed by atoms with Gasteiger partial charge in [-0.2, -0.15) is 4.98 Å². The third-order valence-corrected chi connectivity index (χ3v) is 3.42. The first-order chi connectivity index (χ1) is 9.51. The van der Waals surface area contributed by atoms with Gasteiger partial charge in [-0.05, 0) is 6.92 Å². The fourth-order valence-corrected chi connectivity index (χ4v) is 2.31. The van der Waals surface area contributed by atoms with Crippen LogP contribution in [-0.2, 0) is 4.79 Å². The van der Waals surface area contributed by atoms with Crippen LogP contribution in [-0.4, -0.2) is 54.1 Å². The molecular formula is C14H22N4O2. The minimum absolute atomic E-state index is 0.0583. The van der Waals surface area contributed by atoms with Gasteiger partial charge in [-0.3, -0.25) is 4.79 Å². The molecule has 1 aliphatic heterocycles. The first-order valence-electron chi connectivity index (χ1n) is 6.94. The summed E-state index contributed by atoms with van der Waals surface area (Å²) in [6, 6.07) is 1.84. The monoisotopic (exact) mass is 278 g/mol. The van der Waals surface area contributed by atoms with E-state index in [0.29, 0.717) is 11.7 Å². The van der Waals surface area contributed by atoms with Crippen LogP contribution in [0, 0.1) is 12.8 Å². The van der Waals surface area contributed by atoms with Crippen molar-refractivity contribution in [2.45, 2.75) is 20.8 Å². The van der Waals surface area contributed by atoms with Crippen molar-refractivity contribution in [1.29, 1.82) is 0 Å². The average molecular weight is 278 g/mol. The van der Waals surface area contributed by atoms with Gasteiger partial charge in [0.2, 0.25) is 11.8 Å². The molecule has 6 nitrogen and oxygen atoms in total. The molecule has 6 heteroatoms. The Morgan fingerprint density at radius 2 is 1.90 bits per heavy atom. The van der Waals surface area contributed by atoms with Crippen LogP contribution in [0.25, 0.3) is 0 Å². The molecule has 0 bridgehead atoms. The zero-order chi connectivity index (χ0) is 14.7. The molecule has 1 saturated heterocycles. The van der Waals surface area contributed by atoms with E-state index in [0.717, 1.165) is 32.0 Å². The normalized spacial score (nSPS) is 15.7. The smallest absolute Gasteiger partial charge is 0.225 e. The number of carbonyl (C=O) groups excluding carboxylic acids is 1. The van der Waals surface area contributed by atoms with Crippen LogP contribution in [0.15, 0.2) is 6.07 Å². The molecule has 0 radical (unpaired) electrons. The second kappa shape index (κ2) is 6.07. The number of aromatic nitrogens is 2. The molecule has 1 aromatic rings. The van der Waals surface area contributed by atoms with Gasteiger partial charge in [-0.25, -0.2) is 4.98 Å². The number of carbonyl (C=O) groups is 1. The van der Waals surface area contributed by atoms with E-state index < -0.39 is 0 Å². The van der Waals surface area contributed by atoms with Crippen LogP contribution in [0.4, 0.5) is 5.82 Å². The van der Waals surface area contributed by atoms with Gasteiger partial charge in [-0.1, -0.05) is 13.8 Å². The van der Waals surface area contributed by atoms with Gasteiger partial charge in [0.25, 0.3) is 0 Å². The molecule has 0 N–H and O–H groups in total. The zero-order valence-electron chi connectivity index (χ0n) is 12.6. The highest BCUT2D eigenvalue weighted by molar-refractivity contribution is 5.78. The molecule has 2 heterocycles. The van der Waals surface area contributed by atoms with E-state index >= 15 is 0 Å². The van der Waals surface area contributed by atoms with Crippen molar-refractivity contribution < 1.29 is 9.53 Å². The van der Waals surface area contributed by atoms with Crippen molar-refractivity contribution in [3.63, 3.8) is 0 Å². The summed E-state index contributed by atoms with van der Waals surface area (Å²) in [6.07, 6.45) is 0. The third kappa shape index (κ3) is 3.18. The number of methoxy groups -OCH3 is 1. The summed E-state index contributed by atoms with van der Waals surface area (Å²) in [6.45, 7) is 8.78. The van der Waals surface area contributed by atoms with E-state index in [9.17, 15) is 4.79 Å². The van der Waals surface area contributed by atoms with Gasteiger partial charge in [0.15, 0.2) is 0 Å². The second-order valence-corrected chi connectivity index (χ2v) is 5.28. The quantitative estimate of drug-likeness (QED) is 0.828. The molecule has 1 fully saturated rings. The van der Waals surface area contributed by atoms with Crippen LogP contribution in [0.1, 0.15) is 19.7 Å². The Morgan fingerprint density at radius 3 is 2.45 bits per heavy atom. The highest BCUT2D eigenvalue weighted by atomic mass is 16.5. The number of anilines is 1. The molecule has 1 aromatic heterocycles. The van der Waals surface area contributed by atoms with E-state index in [1.165, 1.54) is 0 Å². The van der Waals surface area contributed by atoms with E-state index in [-0.39, 0.29) is 11.8 Å². The van der Waals surface area contributed by atoms with Crippen molar-refractivity contribution in [3.05, 3.63) is 11.9 Å². The predicted octanol–water partition coefficient (Wildman–Crippen LogP) is 1.10. The predicted molar refractivity (Wildman–Crippen MR) is 77.0 cm³/mol. The van der Waals surface area contributed by atoms with Gasteiger partial charge in [0.05, 0.1) is 7.11 Å². The topological polar surface area (TPSA) is 58.6 Å². The SMILES string of the molecule is COc1cc(N2CCN(C(=O)C(C)C)CC2)nc(C)n1. The maximum atomic E-state index is 12.0. The van der Waals surface area contributed by atoms with E-state index in [1.54, 1.807) is 7.11 Å². The molecule has 0 aromatic carbocycles. The summed E-state index contributed by atoms with van der Waals surface area (Å²) in [5.74, 6) is 2.42. The average Bonchev–Trinajstić information content (AvgIpc) is 2.45. The van der Waals surface area contributed by atoms with Crippen molar-refractivity contribution in [1.82, 2.24) is 14.9 Å². The van der Waals surface area contributed by atoms with E-state index in [2.05, 4.69) is 14.9 Å². The number of amides is 1. The Balaban J connectivity index is 2.03. The molecule has 0 atom stereocenters. The van der Waals surface area contributed by atoms with Gasteiger partial charge in [-0.15, -0.1) is 0 Å². The van der Waals surface area contributed by atoms with Gasteiger partial charge in [0, 0.05) is 38.2 Å². The minimum atomic E-state index is 0.0583. The first-order valence-corrected chi connectivity index (χ1v) is 6.94. The zero-order valence-corrected chi connectivity index (χ0v) is 12.6. The molecule has 0 spiro atoms. The van der Waals surface area contributed by atoms with Crippen molar-refractivity contribution in [2.75, 3.05) is 38.2 Å². The van der Waals surface area contributed by atoms with Crippen LogP contribution in [0.2, 0.25) is 0 Å². The number of hydrogen-bond acceptors (Lipinski definition) is 5. The number of ether oxygens (including phenoxy) is 1. The van der Waals surface area contributed by atoms with E-state index in [4.69, 9.17) is 4.74 Å². The van der Waals surface area contributed by atoms with Crippen molar-refractivity contribution >= 4 is 11.7 Å². The van der Waals surface area contributed by atoms with Crippen molar-refractivity contribution in [2.24, 2.45) is 5.92 Å². The van der Waals surface area contributed by atoms with Crippen LogP contribution in [0.3, 0.4) is 0 Å². The summed E-state index contributed by atoms with van der Waals surface area (Å²) in [5, 5.41) is 0. The van der Waals surface area contributed by atoms with Gasteiger partial charge >= 0.3 is 0 Å². The fraction of sp³-hybridized carbons (Fsp3) is 0.643. The highest BCUT2D eigenvalue weighted by Gasteiger charge is 2.23. The molecular weight excluding hydrogens is 256 g/mol. The van der Waals surface area contributed by atoms with Gasteiger partial charge < -0.3 is 14.5 Å². The highest BCUT2D eigenvalue weighted by Crippen LogP contribution is 2.19. The number of rotatable bonds is 3. The molecule has 0 aliphatic carbocycles. The Kier molecular flexibility index (Phi) is 4.42. The Hall–Kier alpha value is -1.85. The second-order valence-electron chi connectivity index (χ2n) is 5.28. The molecule has 1 aliphatic rings. The third-order valence-electron chi connectivity index (χ3n) is 3.42. The summed E-state index contributed by atoms with van der Waals surface area (Å²) in [4.78, 5) is 24.7. The minimum Gasteiger partial charge on any atom is -0.481 e. The standard InChI is InChI=1S/C14H22N4O2/c1-10(2)14(19)18-7-5-17(6-8-18)12-9-13(20-4)16-11(3)15-12/h9-10H,5-8H2,1-4H3. The maximum Gasteiger partial charge on any atom is 0.225 e. The first kappa shape index (κ1) is 14.6. The number of hydrogen-bond donors (Lipinski definition) is 0. The molecule has 1 amide bonds. The molecule has 0 unspecified atom stereocenters. The molecule has 20 heavy (non-hydrogen) atoms. The maximum absolute atomic E-state index is 12.0. The van der Waals surface area contributed by atoms with Crippen LogP contribution >= 0.6 is 0 Å². The van der Waals surface area contributed by atoms with Crippen molar-refractivity contribution in [3.8, 4) is 5.88 Å². The summed E-state index contributed by atoms with van der Waals surface area (Å²) < 4.78 is 5.17. The lowest BCUT2D eigenvalue weighted by atomic mass is 10.1. The fourth-order valence-electron chi connectivity index (χ4n) is 2.31. The van der Waals surface area contributed by atoms with E-state index in [1.807, 2.05) is 31.7 Å². The van der Waals surface area contributed by atoms with Crippen LogP contribution in [0.5, 0.6) is 5.88 Å². The lowest BCUT2D eigenvalue weighted by Crippen LogP contribution is -2.50.